The van der Waals surface area contributed by atoms with E-state index in [4.69, 9.17) is 14.7 Å². The summed E-state index contributed by atoms with van der Waals surface area (Å²) < 4.78 is 10.5. The second-order valence-electron chi connectivity index (χ2n) is 6.99. The van der Waals surface area contributed by atoms with Crippen LogP contribution in [0, 0.1) is 18.3 Å². The summed E-state index contributed by atoms with van der Waals surface area (Å²) in [6.07, 6.45) is -1.11. The number of Topliss-reactive ketones (excluding diaryl/α,β-unsaturated/α-hetero) is 1. The number of ether oxygens (including phenoxy) is 2. The third-order valence-electron chi connectivity index (χ3n) is 4.65. The van der Waals surface area contributed by atoms with Gasteiger partial charge in [0.05, 0.1) is 31.6 Å². The Balaban J connectivity index is 1.98. The third-order valence-corrected chi connectivity index (χ3v) is 4.65. The molecule has 0 heterocycles. The summed E-state index contributed by atoms with van der Waals surface area (Å²) in [7, 11) is 1.48. The number of methoxy groups -OCH3 is 1. The van der Waals surface area contributed by atoms with E-state index >= 15 is 0 Å². The standard InChI is InChI=1S/C24H26N2O5/c1-17-10-12-22(30-3)20(16-17)21(27)11-13-23(28)31-18(2)24(29)26(15-7-14-25)19-8-5-4-6-9-19/h4-6,8-10,12,16,18H,7,11,13,15H2,1-3H3. The van der Waals surface area contributed by atoms with Gasteiger partial charge in [-0.2, -0.15) is 5.26 Å². The molecule has 0 bridgehead atoms. The molecule has 7 heteroatoms. The summed E-state index contributed by atoms with van der Waals surface area (Å²) in [6, 6.07) is 16.2. The molecule has 0 fully saturated rings. The maximum Gasteiger partial charge on any atom is 0.307 e. The minimum absolute atomic E-state index is 0.0591. The van der Waals surface area contributed by atoms with Gasteiger partial charge in [0.25, 0.3) is 5.91 Å². The van der Waals surface area contributed by atoms with Crippen LogP contribution in [-0.2, 0) is 14.3 Å². The van der Waals surface area contributed by atoms with Crippen LogP contribution in [0.5, 0.6) is 5.75 Å². The second kappa shape index (κ2) is 11.5. The van der Waals surface area contributed by atoms with Crippen molar-refractivity contribution >= 4 is 23.3 Å². The SMILES string of the molecule is COc1ccc(C)cc1C(=O)CCC(=O)OC(C)C(=O)N(CCC#N)c1ccccc1. The monoisotopic (exact) mass is 422 g/mol. The number of anilines is 1. The Labute approximate surface area is 182 Å². The van der Waals surface area contributed by atoms with E-state index in [1.165, 1.54) is 18.9 Å². The summed E-state index contributed by atoms with van der Waals surface area (Å²) in [6.45, 7) is 3.53. The zero-order chi connectivity index (χ0) is 22.8. The van der Waals surface area contributed by atoms with Gasteiger partial charge in [0.1, 0.15) is 5.75 Å². The lowest BCUT2D eigenvalue weighted by Gasteiger charge is -2.25. The van der Waals surface area contributed by atoms with Crippen molar-refractivity contribution in [1.82, 2.24) is 0 Å². The summed E-state index contributed by atoms with van der Waals surface area (Å²) in [5, 5.41) is 8.88. The number of para-hydroxylation sites is 1. The summed E-state index contributed by atoms with van der Waals surface area (Å²) in [4.78, 5) is 39.0. The Hall–Kier alpha value is -3.66. The van der Waals surface area contributed by atoms with Gasteiger partial charge in [0, 0.05) is 18.7 Å². The largest absolute Gasteiger partial charge is 0.496 e. The molecule has 162 valence electrons. The van der Waals surface area contributed by atoms with Crippen molar-refractivity contribution in [3.63, 3.8) is 0 Å². The molecule has 2 aromatic rings. The summed E-state index contributed by atoms with van der Waals surface area (Å²) in [5.74, 6) is -0.865. The molecule has 2 rings (SSSR count). The van der Waals surface area contributed by atoms with E-state index in [9.17, 15) is 14.4 Å². The van der Waals surface area contributed by atoms with Gasteiger partial charge in [-0.05, 0) is 38.1 Å². The van der Waals surface area contributed by atoms with Crippen molar-refractivity contribution in [2.75, 3.05) is 18.6 Å². The predicted octanol–water partition coefficient (Wildman–Crippen LogP) is 3.85. The fraction of sp³-hybridized carbons (Fsp3) is 0.333. The fourth-order valence-corrected chi connectivity index (χ4v) is 3.05. The number of ketones is 1. The van der Waals surface area contributed by atoms with E-state index in [0.717, 1.165) is 5.56 Å². The van der Waals surface area contributed by atoms with Crippen LogP contribution in [0.15, 0.2) is 48.5 Å². The molecule has 0 saturated heterocycles. The number of rotatable bonds is 10. The van der Waals surface area contributed by atoms with Gasteiger partial charge >= 0.3 is 5.97 Å². The summed E-state index contributed by atoms with van der Waals surface area (Å²) in [5.41, 5.74) is 1.93. The van der Waals surface area contributed by atoms with Crippen molar-refractivity contribution in [3.8, 4) is 11.8 Å². The molecule has 0 saturated carbocycles. The number of nitriles is 1. The van der Waals surface area contributed by atoms with Crippen LogP contribution in [0.2, 0.25) is 0 Å². The van der Waals surface area contributed by atoms with E-state index in [1.807, 2.05) is 25.1 Å². The molecule has 0 aliphatic carbocycles. The van der Waals surface area contributed by atoms with E-state index in [-0.39, 0.29) is 31.6 Å². The van der Waals surface area contributed by atoms with Gasteiger partial charge in [-0.1, -0.05) is 29.8 Å². The lowest BCUT2D eigenvalue weighted by atomic mass is 10.0. The van der Waals surface area contributed by atoms with E-state index in [1.54, 1.807) is 36.4 Å². The van der Waals surface area contributed by atoms with Crippen LogP contribution in [0.1, 0.15) is 42.1 Å². The van der Waals surface area contributed by atoms with Crippen LogP contribution in [0.25, 0.3) is 0 Å². The first kappa shape index (κ1) is 23.6. The number of benzene rings is 2. The number of aryl methyl sites for hydroxylation is 1. The fourth-order valence-electron chi connectivity index (χ4n) is 3.05. The van der Waals surface area contributed by atoms with Crippen LogP contribution < -0.4 is 9.64 Å². The molecule has 1 atom stereocenters. The third kappa shape index (κ3) is 6.68. The van der Waals surface area contributed by atoms with Crippen LogP contribution >= 0.6 is 0 Å². The molecular formula is C24H26N2O5. The number of amides is 1. The van der Waals surface area contributed by atoms with E-state index in [0.29, 0.717) is 17.0 Å². The highest BCUT2D eigenvalue weighted by molar-refractivity contribution is 6.00. The van der Waals surface area contributed by atoms with E-state index in [2.05, 4.69) is 0 Å². The maximum atomic E-state index is 12.8. The molecule has 0 spiro atoms. The second-order valence-corrected chi connectivity index (χ2v) is 6.99. The maximum absolute atomic E-state index is 12.8. The number of nitrogens with zero attached hydrogens (tertiary/aromatic N) is 2. The van der Waals surface area contributed by atoms with Gasteiger partial charge < -0.3 is 14.4 Å². The van der Waals surface area contributed by atoms with Gasteiger partial charge in [0.2, 0.25) is 0 Å². The Morgan fingerprint density at radius 2 is 1.81 bits per heavy atom. The number of carbonyl (C=O) groups excluding carboxylic acids is 3. The number of carbonyl (C=O) groups is 3. The minimum Gasteiger partial charge on any atom is -0.496 e. The Morgan fingerprint density at radius 3 is 2.45 bits per heavy atom. The number of hydrogen-bond donors (Lipinski definition) is 0. The van der Waals surface area contributed by atoms with Crippen molar-refractivity contribution in [2.45, 2.75) is 39.2 Å². The molecule has 1 amide bonds. The van der Waals surface area contributed by atoms with Gasteiger partial charge in [-0.3, -0.25) is 14.4 Å². The lowest BCUT2D eigenvalue weighted by Crippen LogP contribution is -2.40. The van der Waals surface area contributed by atoms with Crippen LogP contribution in [0.4, 0.5) is 5.69 Å². The van der Waals surface area contributed by atoms with Gasteiger partial charge in [0.15, 0.2) is 11.9 Å². The van der Waals surface area contributed by atoms with Crippen LogP contribution in [0.3, 0.4) is 0 Å². The normalized spacial score (nSPS) is 11.2. The zero-order valence-corrected chi connectivity index (χ0v) is 18.0. The van der Waals surface area contributed by atoms with Gasteiger partial charge in [-0.15, -0.1) is 0 Å². The van der Waals surface area contributed by atoms with Crippen molar-refractivity contribution < 1.29 is 23.9 Å². The van der Waals surface area contributed by atoms with Crippen LogP contribution in [-0.4, -0.2) is 37.4 Å². The molecule has 0 radical (unpaired) electrons. The summed E-state index contributed by atoms with van der Waals surface area (Å²) >= 11 is 0. The van der Waals surface area contributed by atoms with Crippen molar-refractivity contribution in [2.24, 2.45) is 0 Å². The van der Waals surface area contributed by atoms with E-state index < -0.39 is 18.0 Å². The van der Waals surface area contributed by atoms with Crippen molar-refractivity contribution in [3.05, 3.63) is 59.7 Å². The highest BCUT2D eigenvalue weighted by atomic mass is 16.5. The van der Waals surface area contributed by atoms with Gasteiger partial charge in [-0.25, -0.2) is 0 Å². The molecule has 0 aliphatic rings. The zero-order valence-electron chi connectivity index (χ0n) is 18.0. The molecule has 31 heavy (non-hydrogen) atoms. The Kier molecular flexibility index (Phi) is 8.77. The van der Waals surface area contributed by atoms with Crippen molar-refractivity contribution in [1.29, 1.82) is 5.26 Å². The quantitative estimate of drug-likeness (QED) is 0.426. The molecule has 0 N–H and O–H groups in total. The molecule has 7 nitrogen and oxygen atoms in total. The molecular weight excluding hydrogens is 396 g/mol. The molecule has 0 aromatic heterocycles. The average Bonchev–Trinajstić information content (AvgIpc) is 2.78. The minimum atomic E-state index is -1.05. The Bertz CT molecular complexity index is 966. The molecule has 1 unspecified atom stereocenters. The molecule has 0 aliphatic heterocycles. The highest BCUT2D eigenvalue weighted by Crippen LogP contribution is 2.22. The first-order valence-corrected chi connectivity index (χ1v) is 9.98. The molecule has 2 aromatic carbocycles. The number of esters is 1. The first-order chi connectivity index (χ1) is 14.9. The lowest BCUT2D eigenvalue weighted by molar-refractivity contribution is -0.153. The first-order valence-electron chi connectivity index (χ1n) is 9.98. The highest BCUT2D eigenvalue weighted by Gasteiger charge is 2.25. The topological polar surface area (TPSA) is 96.7 Å². The average molecular weight is 422 g/mol. The smallest absolute Gasteiger partial charge is 0.307 e. The Morgan fingerprint density at radius 1 is 1.10 bits per heavy atom. The predicted molar refractivity (Wildman–Crippen MR) is 116 cm³/mol. The number of hydrogen-bond acceptors (Lipinski definition) is 6.